The fourth-order valence-corrected chi connectivity index (χ4v) is 2.16. The normalized spacial score (nSPS) is 12.2. The molecule has 13 heavy (non-hydrogen) atoms. The Labute approximate surface area is 92.8 Å². The Morgan fingerprint density at radius 2 is 2.38 bits per heavy atom. The SMILES string of the molecule is COC(=O)C(Br)c1cccnc1Br. The highest BCUT2D eigenvalue weighted by Gasteiger charge is 2.20. The average molecular weight is 309 g/mol. The number of aromatic nitrogens is 1. The van der Waals surface area contributed by atoms with Gasteiger partial charge in [-0.1, -0.05) is 22.0 Å². The maximum atomic E-state index is 11.1. The quantitative estimate of drug-likeness (QED) is 0.478. The topological polar surface area (TPSA) is 39.2 Å². The molecule has 1 aromatic heterocycles. The second-order valence-electron chi connectivity index (χ2n) is 2.27. The number of halogens is 2. The number of ether oxygens (including phenoxy) is 1. The molecule has 1 unspecified atom stereocenters. The van der Waals surface area contributed by atoms with E-state index in [1.807, 2.05) is 0 Å². The van der Waals surface area contributed by atoms with E-state index in [2.05, 4.69) is 41.6 Å². The highest BCUT2D eigenvalue weighted by Crippen LogP contribution is 2.28. The Hall–Kier alpha value is -0.420. The lowest BCUT2D eigenvalue weighted by Crippen LogP contribution is -2.09. The zero-order valence-corrected chi connectivity index (χ0v) is 10.0. The van der Waals surface area contributed by atoms with Gasteiger partial charge in [0, 0.05) is 11.8 Å². The van der Waals surface area contributed by atoms with Crippen LogP contribution in [-0.4, -0.2) is 18.1 Å². The zero-order valence-electron chi connectivity index (χ0n) is 6.83. The molecular formula is C8H7Br2NO2. The Bertz CT molecular complexity index is 317. The molecule has 0 aliphatic heterocycles. The van der Waals surface area contributed by atoms with Crippen LogP contribution in [0.15, 0.2) is 22.9 Å². The summed E-state index contributed by atoms with van der Waals surface area (Å²) in [6.45, 7) is 0. The van der Waals surface area contributed by atoms with E-state index >= 15 is 0 Å². The first-order valence-electron chi connectivity index (χ1n) is 3.49. The lowest BCUT2D eigenvalue weighted by molar-refractivity contribution is -0.139. The molecule has 0 saturated heterocycles. The molecule has 0 radical (unpaired) electrons. The van der Waals surface area contributed by atoms with Crippen LogP contribution in [0, 0.1) is 0 Å². The van der Waals surface area contributed by atoms with E-state index in [-0.39, 0.29) is 5.97 Å². The maximum Gasteiger partial charge on any atom is 0.324 e. The van der Waals surface area contributed by atoms with Crippen LogP contribution < -0.4 is 0 Å². The molecule has 0 aliphatic rings. The Morgan fingerprint density at radius 1 is 1.69 bits per heavy atom. The minimum absolute atomic E-state index is 0.339. The molecule has 0 spiro atoms. The van der Waals surface area contributed by atoms with Crippen molar-refractivity contribution in [2.45, 2.75) is 4.83 Å². The summed E-state index contributed by atoms with van der Waals surface area (Å²) in [6, 6.07) is 3.56. The number of hydrogen-bond acceptors (Lipinski definition) is 3. The average Bonchev–Trinajstić information content (AvgIpc) is 2.16. The van der Waals surface area contributed by atoms with Crippen LogP contribution in [0.25, 0.3) is 0 Å². The molecule has 0 N–H and O–H groups in total. The number of nitrogens with zero attached hydrogens (tertiary/aromatic N) is 1. The Morgan fingerprint density at radius 3 is 2.92 bits per heavy atom. The number of esters is 1. The number of hydrogen-bond donors (Lipinski definition) is 0. The number of carbonyl (C=O) groups is 1. The highest BCUT2D eigenvalue weighted by molar-refractivity contribution is 9.11. The van der Waals surface area contributed by atoms with Gasteiger partial charge >= 0.3 is 5.97 Å². The Balaban J connectivity index is 2.95. The van der Waals surface area contributed by atoms with Crippen molar-refractivity contribution in [3.63, 3.8) is 0 Å². The van der Waals surface area contributed by atoms with Gasteiger partial charge in [-0.3, -0.25) is 4.79 Å². The predicted molar refractivity (Wildman–Crippen MR) is 55.6 cm³/mol. The second-order valence-corrected chi connectivity index (χ2v) is 3.94. The molecule has 0 aliphatic carbocycles. The van der Waals surface area contributed by atoms with Gasteiger partial charge in [0.2, 0.25) is 0 Å². The van der Waals surface area contributed by atoms with E-state index in [1.165, 1.54) is 7.11 Å². The van der Waals surface area contributed by atoms with Crippen molar-refractivity contribution in [3.05, 3.63) is 28.5 Å². The van der Waals surface area contributed by atoms with E-state index in [0.29, 0.717) is 4.60 Å². The molecule has 0 bridgehead atoms. The lowest BCUT2D eigenvalue weighted by atomic mass is 10.2. The number of rotatable bonds is 2. The van der Waals surface area contributed by atoms with Crippen LogP contribution in [0.2, 0.25) is 0 Å². The van der Waals surface area contributed by atoms with Crippen LogP contribution in [0.5, 0.6) is 0 Å². The first-order chi connectivity index (χ1) is 6.16. The van der Waals surface area contributed by atoms with Gasteiger partial charge in [0.1, 0.15) is 9.43 Å². The van der Waals surface area contributed by atoms with E-state index in [9.17, 15) is 4.79 Å². The van der Waals surface area contributed by atoms with E-state index in [0.717, 1.165) is 5.56 Å². The first-order valence-corrected chi connectivity index (χ1v) is 5.20. The lowest BCUT2D eigenvalue weighted by Gasteiger charge is -2.08. The standard InChI is InChI=1S/C8H7Br2NO2/c1-13-8(12)6(9)5-3-2-4-11-7(5)10/h2-4,6H,1H3. The third-order valence-electron chi connectivity index (χ3n) is 1.47. The van der Waals surface area contributed by atoms with Gasteiger partial charge in [0.15, 0.2) is 0 Å². The summed E-state index contributed by atoms with van der Waals surface area (Å²) >= 11 is 6.46. The summed E-state index contributed by atoms with van der Waals surface area (Å²) in [5.74, 6) is -0.339. The summed E-state index contributed by atoms with van der Waals surface area (Å²) in [4.78, 5) is 14.7. The molecule has 3 nitrogen and oxygen atoms in total. The molecule has 70 valence electrons. The van der Waals surface area contributed by atoms with Gasteiger partial charge in [-0.05, 0) is 22.0 Å². The number of methoxy groups -OCH3 is 1. The molecular weight excluding hydrogens is 302 g/mol. The van der Waals surface area contributed by atoms with Gasteiger partial charge in [-0.2, -0.15) is 0 Å². The minimum Gasteiger partial charge on any atom is -0.468 e. The van der Waals surface area contributed by atoms with Crippen molar-refractivity contribution in [1.82, 2.24) is 4.98 Å². The third-order valence-corrected chi connectivity index (χ3v) is 3.00. The van der Waals surface area contributed by atoms with Gasteiger partial charge < -0.3 is 4.74 Å². The fraction of sp³-hybridized carbons (Fsp3) is 0.250. The molecule has 5 heteroatoms. The van der Waals surface area contributed by atoms with E-state index < -0.39 is 4.83 Å². The smallest absolute Gasteiger partial charge is 0.324 e. The van der Waals surface area contributed by atoms with Crippen LogP contribution in [-0.2, 0) is 9.53 Å². The van der Waals surface area contributed by atoms with Gasteiger partial charge in [-0.15, -0.1) is 0 Å². The molecule has 1 heterocycles. The van der Waals surface area contributed by atoms with Crippen LogP contribution >= 0.6 is 31.9 Å². The summed E-state index contributed by atoms with van der Waals surface area (Å²) in [6.07, 6.45) is 1.64. The van der Waals surface area contributed by atoms with Gasteiger partial charge in [0.05, 0.1) is 7.11 Å². The molecule has 1 aromatic rings. The molecule has 1 atom stereocenters. The van der Waals surface area contributed by atoms with Gasteiger partial charge in [0.25, 0.3) is 0 Å². The van der Waals surface area contributed by atoms with Crippen molar-refractivity contribution in [2.24, 2.45) is 0 Å². The van der Waals surface area contributed by atoms with Crippen LogP contribution in [0.1, 0.15) is 10.4 Å². The van der Waals surface area contributed by atoms with Gasteiger partial charge in [-0.25, -0.2) is 4.98 Å². The number of pyridine rings is 1. The highest BCUT2D eigenvalue weighted by atomic mass is 79.9. The van der Waals surface area contributed by atoms with Crippen molar-refractivity contribution in [1.29, 1.82) is 0 Å². The zero-order chi connectivity index (χ0) is 9.84. The summed E-state index contributed by atoms with van der Waals surface area (Å²) in [5.41, 5.74) is 0.759. The van der Waals surface area contributed by atoms with Crippen LogP contribution in [0.3, 0.4) is 0 Å². The van der Waals surface area contributed by atoms with Crippen molar-refractivity contribution in [2.75, 3.05) is 7.11 Å². The van der Waals surface area contributed by atoms with E-state index in [4.69, 9.17) is 0 Å². The summed E-state index contributed by atoms with van der Waals surface area (Å²) < 4.78 is 5.23. The molecule has 0 aromatic carbocycles. The monoisotopic (exact) mass is 307 g/mol. The Kier molecular flexibility index (Phi) is 3.87. The molecule has 0 fully saturated rings. The third kappa shape index (κ3) is 2.51. The molecule has 0 saturated carbocycles. The largest absolute Gasteiger partial charge is 0.468 e. The van der Waals surface area contributed by atoms with E-state index in [1.54, 1.807) is 18.3 Å². The fourth-order valence-electron chi connectivity index (χ4n) is 0.818. The van der Waals surface area contributed by atoms with Crippen molar-refractivity contribution in [3.8, 4) is 0 Å². The molecule has 0 amide bonds. The van der Waals surface area contributed by atoms with Crippen molar-refractivity contribution < 1.29 is 9.53 Å². The number of carbonyl (C=O) groups excluding carboxylic acids is 1. The maximum absolute atomic E-state index is 11.1. The molecule has 1 rings (SSSR count). The number of alkyl halides is 1. The summed E-state index contributed by atoms with van der Waals surface area (Å²) in [5, 5.41) is 0. The van der Waals surface area contributed by atoms with Crippen molar-refractivity contribution >= 4 is 37.8 Å². The van der Waals surface area contributed by atoms with Crippen LogP contribution in [0.4, 0.5) is 0 Å². The summed E-state index contributed by atoms with van der Waals surface area (Å²) in [7, 11) is 1.35. The second kappa shape index (κ2) is 4.72. The first kappa shape index (κ1) is 10.7. The minimum atomic E-state index is -0.472. The predicted octanol–water partition coefficient (Wildman–Crippen LogP) is 2.45.